The molecule has 0 saturated heterocycles. The predicted octanol–water partition coefficient (Wildman–Crippen LogP) is 5.22. The van der Waals surface area contributed by atoms with Gasteiger partial charge in [0.2, 0.25) is 0 Å². The van der Waals surface area contributed by atoms with Crippen LogP contribution in [-0.4, -0.2) is 12.9 Å². The predicted molar refractivity (Wildman–Crippen MR) is 84.9 cm³/mol. The summed E-state index contributed by atoms with van der Waals surface area (Å²) in [5.74, 6) is 1.81. The Balaban J connectivity index is 2.39. The summed E-state index contributed by atoms with van der Waals surface area (Å²) in [6.45, 7) is 1.51. The maximum Gasteiger partial charge on any atom is 0.163 e. The van der Waals surface area contributed by atoms with Gasteiger partial charge in [0.25, 0.3) is 0 Å². The zero-order chi connectivity index (χ0) is 14.7. The molecule has 2 rings (SSSR count). The Morgan fingerprint density at radius 1 is 1.05 bits per heavy atom. The van der Waals surface area contributed by atoms with E-state index in [1.807, 2.05) is 6.07 Å². The maximum absolute atomic E-state index is 11.6. The van der Waals surface area contributed by atoms with Gasteiger partial charge in [0, 0.05) is 4.47 Å². The van der Waals surface area contributed by atoms with E-state index >= 15 is 0 Å². The first-order valence-corrected chi connectivity index (χ1v) is 7.41. The highest BCUT2D eigenvalue weighted by molar-refractivity contribution is 9.10. The van der Waals surface area contributed by atoms with Crippen LogP contribution in [0.4, 0.5) is 0 Å². The number of carbonyl (C=O) groups excluding carboxylic acids is 1. The highest BCUT2D eigenvalue weighted by Crippen LogP contribution is 2.35. The van der Waals surface area contributed by atoms with Gasteiger partial charge >= 0.3 is 0 Å². The second kappa shape index (κ2) is 6.41. The molecule has 0 saturated carbocycles. The third-order valence-corrected chi connectivity index (χ3v) is 3.79. The summed E-state index contributed by atoms with van der Waals surface area (Å²) in [5.41, 5.74) is 0.538. The van der Waals surface area contributed by atoms with Gasteiger partial charge in [0.1, 0.15) is 17.2 Å². The molecule has 5 heteroatoms. The van der Waals surface area contributed by atoms with Crippen molar-refractivity contribution >= 4 is 37.6 Å². The van der Waals surface area contributed by atoms with Crippen molar-refractivity contribution < 1.29 is 14.3 Å². The number of halogens is 2. The van der Waals surface area contributed by atoms with E-state index in [0.717, 1.165) is 14.7 Å². The molecule has 0 unspecified atom stereocenters. The van der Waals surface area contributed by atoms with Gasteiger partial charge in [-0.3, -0.25) is 4.79 Å². The molecule has 0 N–H and O–H groups in total. The minimum atomic E-state index is -0.0443. The van der Waals surface area contributed by atoms with E-state index in [1.54, 1.807) is 37.4 Å². The lowest BCUT2D eigenvalue weighted by atomic mass is 10.1. The summed E-state index contributed by atoms with van der Waals surface area (Å²) in [5, 5.41) is 0. The molecule has 0 spiro atoms. The highest BCUT2D eigenvalue weighted by Gasteiger charge is 2.12. The van der Waals surface area contributed by atoms with Crippen molar-refractivity contribution in [3.63, 3.8) is 0 Å². The molecule has 0 heterocycles. The molecule has 0 aliphatic rings. The van der Waals surface area contributed by atoms with Crippen LogP contribution in [-0.2, 0) is 0 Å². The molecular weight excluding hydrogens is 388 g/mol. The van der Waals surface area contributed by atoms with Crippen LogP contribution < -0.4 is 9.47 Å². The normalized spacial score (nSPS) is 10.2. The van der Waals surface area contributed by atoms with Crippen molar-refractivity contribution in [2.45, 2.75) is 6.92 Å². The molecule has 0 bridgehead atoms. The summed E-state index contributed by atoms with van der Waals surface area (Å²) in [7, 11) is 1.60. The lowest BCUT2D eigenvalue weighted by Crippen LogP contribution is -1.97. The number of Topliss-reactive ketones (excluding diaryl/α,β-unsaturated/α-hetero) is 1. The smallest absolute Gasteiger partial charge is 0.163 e. The number of hydrogen-bond donors (Lipinski definition) is 0. The third kappa shape index (κ3) is 3.41. The average molecular weight is 400 g/mol. The summed E-state index contributed by atoms with van der Waals surface area (Å²) >= 11 is 6.80. The lowest BCUT2D eigenvalue weighted by Gasteiger charge is -2.12. The number of ether oxygens (including phenoxy) is 2. The molecular formula is C15H12Br2O3. The van der Waals surface area contributed by atoms with E-state index in [-0.39, 0.29) is 5.78 Å². The van der Waals surface area contributed by atoms with Crippen LogP contribution in [0.3, 0.4) is 0 Å². The van der Waals surface area contributed by atoms with Crippen LogP contribution in [0, 0.1) is 0 Å². The number of rotatable bonds is 4. The minimum absolute atomic E-state index is 0.0443. The molecule has 0 aromatic heterocycles. The summed E-state index contributed by atoms with van der Waals surface area (Å²) in [6.07, 6.45) is 0. The van der Waals surface area contributed by atoms with E-state index in [4.69, 9.17) is 9.47 Å². The molecule has 0 aliphatic carbocycles. The Labute approximate surface area is 134 Å². The van der Waals surface area contributed by atoms with Gasteiger partial charge in [0.05, 0.1) is 17.1 Å². The summed E-state index contributed by atoms with van der Waals surface area (Å²) in [6, 6.07) is 10.7. The van der Waals surface area contributed by atoms with Gasteiger partial charge in [-0.05, 0) is 59.3 Å². The minimum Gasteiger partial charge on any atom is -0.497 e. The van der Waals surface area contributed by atoms with Crippen molar-refractivity contribution in [1.29, 1.82) is 0 Å². The zero-order valence-corrected chi connectivity index (χ0v) is 14.1. The first kappa shape index (κ1) is 15.1. The molecule has 0 atom stereocenters. The lowest BCUT2D eigenvalue weighted by molar-refractivity contribution is 0.101. The molecule has 0 fully saturated rings. The molecule has 104 valence electrons. The highest BCUT2D eigenvalue weighted by atomic mass is 79.9. The van der Waals surface area contributed by atoms with E-state index < -0.39 is 0 Å². The van der Waals surface area contributed by atoms with Gasteiger partial charge in [-0.2, -0.15) is 0 Å². The number of ketones is 1. The van der Waals surface area contributed by atoms with Crippen molar-refractivity contribution in [2.24, 2.45) is 0 Å². The fourth-order valence-electron chi connectivity index (χ4n) is 1.68. The number of carbonyl (C=O) groups is 1. The summed E-state index contributed by atoms with van der Waals surface area (Å²) < 4.78 is 12.6. The van der Waals surface area contributed by atoms with Gasteiger partial charge in [0.15, 0.2) is 5.78 Å². The van der Waals surface area contributed by atoms with Crippen LogP contribution >= 0.6 is 31.9 Å². The molecule has 0 amide bonds. The van der Waals surface area contributed by atoms with E-state index in [2.05, 4.69) is 31.9 Å². The first-order chi connectivity index (χ1) is 9.51. The largest absolute Gasteiger partial charge is 0.497 e. The molecule has 2 aromatic rings. The topological polar surface area (TPSA) is 35.5 Å². The summed E-state index contributed by atoms with van der Waals surface area (Å²) in [4.78, 5) is 11.6. The van der Waals surface area contributed by atoms with Crippen molar-refractivity contribution in [3.8, 4) is 17.2 Å². The molecule has 2 aromatic carbocycles. The quantitative estimate of drug-likeness (QED) is 0.661. The second-order valence-corrected chi connectivity index (χ2v) is 5.87. The zero-order valence-electron chi connectivity index (χ0n) is 10.9. The van der Waals surface area contributed by atoms with Crippen LogP contribution in [0.15, 0.2) is 45.3 Å². The van der Waals surface area contributed by atoms with Gasteiger partial charge in [-0.15, -0.1) is 0 Å². The van der Waals surface area contributed by atoms with Crippen molar-refractivity contribution in [1.82, 2.24) is 0 Å². The van der Waals surface area contributed by atoms with E-state index in [1.165, 1.54) is 6.92 Å². The number of hydrogen-bond acceptors (Lipinski definition) is 3. The number of benzene rings is 2. The van der Waals surface area contributed by atoms with Gasteiger partial charge in [-0.1, -0.05) is 15.9 Å². The van der Waals surface area contributed by atoms with Crippen LogP contribution in [0.5, 0.6) is 17.2 Å². The van der Waals surface area contributed by atoms with Crippen LogP contribution in [0.2, 0.25) is 0 Å². The maximum atomic E-state index is 11.6. The standard InChI is InChI=1S/C15H12Br2O3/c1-9(18)12-5-3-10(16)7-15(12)20-14-6-4-11(19-2)8-13(14)17/h3-8H,1-2H3. The molecule has 20 heavy (non-hydrogen) atoms. The fourth-order valence-corrected chi connectivity index (χ4v) is 2.46. The molecule has 0 radical (unpaired) electrons. The van der Waals surface area contributed by atoms with Crippen molar-refractivity contribution in [2.75, 3.05) is 7.11 Å². The van der Waals surface area contributed by atoms with Crippen LogP contribution in [0.25, 0.3) is 0 Å². The number of methoxy groups -OCH3 is 1. The Kier molecular flexibility index (Phi) is 4.83. The van der Waals surface area contributed by atoms with Gasteiger partial charge < -0.3 is 9.47 Å². The SMILES string of the molecule is COc1ccc(Oc2cc(Br)ccc2C(C)=O)c(Br)c1. The fraction of sp³-hybridized carbons (Fsp3) is 0.133. The first-order valence-electron chi connectivity index (χ1n) is 5.83. The molecule has 3 nitrogen and oxygen atoms in total. The van der Waals surface area contributed by atoms with Gasteiger partial charge in [-0.25, -0.2) is 0 Å². The Hall–Kier alpha value is -1.33. The van der Waals surface area contributed by atoms with Crippen LogP contribution in [0.1, 0.15) is 17.3 Å². The Bertz CT molecular complexity index is 654. The Morgan fingerprint density at radius 2 is 1.80 bits per heavy atom. The second-order valence-electron chi connectivity index (χ2n) is 4.10. The Morgan fingerprint density at radius 3 is 2.40 bits per heavy atom. The third-order valence-electron chi connectivity index (χ3n) is 2.68. The van der Waals surface area contributed by atoms with E-state index in [9.17, 15) is 4.79 Å². The van der Waals surface area contributed by atoms with E-state index in [0.29, 0.717) is 17.1 Å². The monoisotopic (exact) mass is 398 g/mol. The van der Waals surface area contributed by atoms with Crippen molar-refractivity contribution in [3.05, 3.63) is 50.9 Å². The molecule has 0 aliphatic heterocycles. The average Bonchev–Trinajstić information content (AvgIpc) is 2.40.